The highest BCUT2D eigenvalue weighted by Crippen LogP contribution is 2.19. The third kappa shape index (κ3) is 5.39. The Labute approximate surface area is 181 Å². The average Bonchev–Trinajstić information content (AvgIpc) is 3.49. The molecule has 2 heterocycles. The van der Waals surface area contributed by atoms with Crippen LogP contribution in [0, 0.1) is 6.92 Å². The van der Waals surface area contributed by atoms with E-state index in [1.165, 1.54) is 5.56 Å². The highest BCUT2D eigenvalue weighted by atomic mass is 16.3. The number of aryl methyl sites for hydroxylation is 1. The third-order valence-corrected chi connectivity index (χ3v) is 4.76. The summed E-state index contributed by atoms with van der Waals surface area (Å²) < 4.78 is 7.47. The monoisotopic (exact) mass is 414 g/mol. The van der Waals surface area contributed by atoms with Gasteiger partial charge in [0.15, 0.2) is 5.96 Å². The first-order valence-electron chi connectivity index (χ1n) is 10.3. The molecular formula is C24H26N6O. The van der Waals surface area contributed by atoms with Crippen molar-refractivity contribution in [3.8, 4) is 17.1 Å². The smallest absolute Gasteiger partial charge is 0.226 e. The molecule has 158 valence electrons. The zero-order valence-electron chi connectivity index (χ0n) is 17.7. The molecule has 7 nitrogen and oxygen atoms in total. The van der Waals surface area contributed by atoms with Crippen molar-refractivity contribution in [2.45, 2.75) is 26.9 Å². The fourth-order valence-corrected chi connectivity index (χ4v) is 3.08. The molecule has 0 radical (unpaired) electrons. The Morgan fingerprint density at radius 3 is 2.58 bits per heavy atom. The second-order valence-corrected chi connectivity index (χ2v) is 7.18. The van der Waals surface area contributed by atoms with Crippen molar-refractivity contribution in [1.82, 2.24) is 25.4 Å². The number of benzene rings is 2. The second-order valence-electron chi connectivity index (χ2n) is 7.18. The topological polar surface area (TPSA) is 80.3 Å². The summed E-state index contributed by atoms with van der Waals surface area (Å²) in [5, 5.41) is 10.8. The van der Waals surface area contributed by atoms with Crippen molar-refractivity contribution < 1.29 is 4.42 Å². The number of aliphatic imine (C=N–C) groups is 1. The number of aromatic nitrogens is 3. The SMILES string of the molecule is CCNC(=NCc1ccc(-n2cccn2)cc1)NCc1coc(-c2ccc(C)cc2)n1. The van der Waals surface area contributed by atoms with E-state index in [0.717, 1.165) is 35.0 Å². The van der Waals surface area contributed by atoms with E-state index < -0.39 is 0 Å². The summed E-state index contributed by atoms with van der Waals surface area (Å²) in [6.45, 7) is 5.98. The van der Waals surface area contributed by atoms with Crippen LogP contribution in [-0.4, -0.2) is 27.3 Å². The number of hydrogen-bond donors (Lipinski definition) is 2. The number of nitrogens with zero attached hydrogens (tertiary/aromatic N) is 4. The minimum absolute atomic E-state index is 0.527. The molecular weight excluding hydrogens is 388 g/mol. The van der Waals surface area contributed by atoms with E-state index in [1.807, 2.05) is 48.1 Å². The Kier molecular flexibility index (Phi) is 6.42. The van der Waals surface area contributed by atoms with Gasteiger partial charge in [-0.1, -0.05) is 29.8 Å². The summed E-state index contributed by atoms with van der Waals surface area (Å²) in [6.07, 6.45) is 5.37. The van der Waals surface area contributed by atoms with Gasteiger partial charge >= 0.3 is 0 Å². The van der Waals surface area contributed by atoms with Gasteiger partial charge in [0.1, 0.15) is 6.26 Å². The molecule has 0 bridgehead atoms. The Morgan fingerprint density at radius 2 is 1.87 bits per heavy atom. The lowest BCUT2D eigenvalue weighted by molar-refractivity contribution is 0.572. The molecule has 0 atom stereocenters. The molecule has 0 unspecified atom stereocenters. The van der Waals surface area contributed by atoms with Crippen molar-refractivity contribution in [2.75, 3.05) is 6.54 Å². The lowest BCUT2D eigenvalue weighted by Crippen LogP contribution is -2.36. The van der Waals surface area contributed by atoms with Gasteiger partial charge in [-0.2, -0.15) is 5.10 Å². The van der Waals surface area contributed by atoms with Crippen LogP contribution in [0.15, 0.2) is 82.7 Å². The van der Waals surface area contributed by atoms with Gasteiger partial charge in [0.25, 0.3) is 0 Å². The molecule has 7 heteroatoms. The first-order chi connectivity index (χ1) is 15.2. The molecule has 0 fully saturated rings. The fraction of sp³-hybridized carbons (Fsp3) is 0.208. The maximum absolute atomic E-state index is 5.64. The van der Waals surface area contributed by atoms with Gasteiger partial charge in [0.2, 0.25) is 5.89 Å². The molecule has 4 aromatic rings. The van der Waals surface area contributed by atoms with Gasteiger partial charge in [0, 0.05) is 24.5 Å². The molecule has 0 saturated heterocycles. The van der Waals surface area contributed by atoms with Crippen LogP contribution in [0.3, 0.4) is 0 Å². The van der Waals surface area contributed by atoms with E-state index in [9.17, 15) is 0 Å². The Morgan fingerprint density at radius 1 is 1.06 bits per heavy atom. The van der Waals surface area contributed by atoms with E-state index in [-0.39, 0.29) is 0 Å². The molecule has 2 N–H and O–H groups in total. The van der Waals surface area contributed by atoms with E-state index in [1.54, 1.807) is 12.5 Å². The molecule has 0 saturated carbocycles. The molecule has 0 amide bonds. The van der Waals surface area contributed by atoms with Gasteiger partial charge in [0.05, 0.1) is 24.5 Å². The number of guanidine groups is 1. The van der Waals surface area contributed by atoms with Gasteiger partial charge in [-0.25, -0.2) is 14.7 Å². The zero-order valence-corrected chi connectivity index (χ0v) is 17.7. The van der Waals surface area contributed by atoms with Crippen LogP contribution in [0.25, 0.3) is 17.1 Å². The van der Waals surface area contributed by atoms with Crippen LogP contribution in [0.2, 0.25) is 0 Å². The second kappa shape index (κ2) is 9.75. The van der Waals surface area contributed by atoms with E-state index in [4.69, 9.17) is 4.42 Å². The van der Waals surface area contributed by atoms with Crippen LogP contribution < -0.4 is 10.6 Å². The largest absolute Gasteiger partial charge is 0.444 e. The lowest BCUT2D eigenvalue weighted by atomic mass is 10.1. The predicted octanol–water partition coefficient (Wildman–Crippen LogP) is 4.09. The van der Waals surface area contributed by atoms with Gasteiger partial charge in [-0.15, -0.1) is 0 Å². The van der Waals surface area contributed by atoms with Gasteiger partial charge in [-0.05, 0) is 49.7 Å². The van der Waals surface area contributed by atoms with Gasteiger partial charge in [-0.3, -0.25) is 0 Å². The molecule has 31 heavy (non-hydrogen) atoms. The Hall–Kier alpha value is -3.87. The van der Waals surface area contributed by atoms with Crippen molar-refractivity contribution in [3.63, 3.8) is 0 Å². The van der Waals surface area contributed by atoms with Crippen molar-refractivity contribution >= 4 is 5.96 Å². The van der Waals surface area contributed by atoms with Crippen molar-refractivity contribution in [2.24, 2.45) is 4.99 Å². The zero-order chi connectivity index (χ0) is 21.5. The van der Waals surface area contributed by atoms with Crippen LogP contribution in [0.4, 0.5) is 0 Å². The first-order valence-corrected chi connectivity index (χ1v) is 10.3. The van der Waals surface area contributed by atoms with Crippen molar-refractivity contribution in [1.29, 1.82) is 0 Å². The standard InChI is InChI=1S/C24H26N6O/c1-3-25-24(26-15-19-7-11-22(12-8-19)30-14-4-13-28-30)27-16-21-17-31-23(29-21)20-9-5-18(2)6-10-20/h4-14,17H,3,15-16H2,1-2H3,(H2,25,26,27). The summed E-state index contributed by atoms with van der Waals surface area (Å²) in [6, 6.07) is 18.3. The Balaban J connectivity index is 1.36. The van der Waals surface area contributed by atoms with Crippen LogP contribution >= 0.6 is 0 Å². The van der Waals surface area contributed by atoms with Gasteiger partial charge < -0.3 is 15.1 Å². The van der Waals surface area contributed by atoms with Crippen molar-refractivity contribution in [3.05, 3.63) is 90.1 Å². The number of oxazole rings is 1. The third-order valence-electron chi connectivity index (χ3n) is 4.76. The minimum Gasteiger partial charge on any atom is -0.444 e. The average molecular weight is 415 g/mol. The highest BCUT2D eigenvalue weighted by Gasteiger charge is 2.07. The highest BCUT2D eigenvalue weighted by molar-refractivity contribution is 5.79. The minimum atomic E-state index is 0.527. The normalized spacial score (nSPS) is 11.5. The molecule has 2 aromatic carbocycles. The van der Waals surface area contributed by atoms with Crippen LogP contribution in [-0.2, 0) is 13.1 Å². The van der Waals surface area contributed by atoms with E-state index in [0.29, 0.717) is 19.0 Å². The van der Waals surface area contributed by atoms with E-state index >= 15 is 0 Å². The fourth-order valence-electron chi connectivity index (χ4n) is 3.08. The maximum Gasteiger partial charge on any atom is 0.226 e. The molecule has 0 aliphatic carbocycles. The number of nitrogens with one attached hydrogen (secondary N) is 2. The summed E-state index contributed by atoms with van der Waals surface area (Å²) >= 11 is 0. The summed E-state index contributed by atoms with van der Waals surface area (Å²) in [7, 11) is 0. The number of rotatable bonds is 7. The quantitative estimate of drug-likeness (QED) is 0.352. The molecule has 0 aliphatic rings. The molecule has 0 spiro atoms. The molecule has 4 rings (SSSR count). The predicted molar refractivity (Wildman–Crippen MR) is 122 cm³/mol. The summed E-state index contributed by atoms with van der Waals surface area (Å²) in [5.41, 5.74) is 5.15. The summed E-state index contributed by atoms with van der Waals surface area (Å²) in [4.78, 5) is 9.25. The van der Waals surface area contributed by atoms with E-state index in [2.05, 4.69) is 56.9 Å². The number of hydrogen-bond acceptors (Lipinski definition) is 4. The molecule has 2 aromatic heterocycles. The van der Waals surface area contributed by atoms with Crippen LogP contribution in [0.5, 0.6) is 0 Å². The Bertz CT molecular complexity index is 1110. The van der Waals surface area contributed by atoms with Crippen LogP contribution in [0.1, 0.15) is 23.7 Å². The maximum atomic E-state index is 5.64. The molecule has 0 aliphatic heterocycles. The summed E-state index contributed by atoms with van der Waals surface area (Å²) in [5.74, 6) is 1.36. The lowest BCUT2D eigenvalue weighted by Gasteiger charge is -2.10. The first kappa shape index (κ1) is 20.4.